The molecule has 4 heteroatoms. The Balaban J connectivity index is 2.02. The van der Waals surface area contributed by atoms with Crippen molar-refractivity contribution in [1.29, 1.82) is 0 Å². The van der Waals surface area contributed by atoms with Crippen molar-refractivity contribution >= 4 is 0 Å². The van der Waals surface area contributed by atoms with Gasteiger partial charge in [0.2, 0.25) is 0 Å². The maximum atomic E-state index is 6.06. The maximum absolute atomic E-state index is 6.06. The van der Waals surface area contributed by atoms with E-state index in [1.165, 1.54) is 0 Å². The number of nitrogens with two attached hydrogens (primary N) is 1. The standard InChI is InChI=1S/C12H13N3O/c1-8-2-3-10(16-8)9-4-7-14-11(15-9)12(13)5-6-12/h2-4,7H,5-6,13H2,1H3. The molecule has 16 heavy (non-hydrogen) atoms. The van der Waals surface area contributed by atoms with Gasteiger partial charge in [-0.25, -0.2) is 9.97 Å². The first kappa shape index (κ1) is 9.54. The smallest absolute Gasteiger partial charge is 0.152 e. The highest BCUT2D eigenvalue weighted by Crippen LogP contribution is 2.40. The summed E-state index contributed by atoms with van der Waals surface area (Å²) in [4.78, 5) is 8.69. The van der Waals surface area contributed by atoms with Crippen LogP contribution in [0, 0.1) is 6.92 Å². The summed E-state index contributed by atoms with van der Waals surface area (Å²) in [5.74, 6) is 2.37. The highest BCUT2D eigenvalue weighted by molar-refractivity contribution is 5.51. The van der Waals surface area contributed by atoms with Gasteiger partial charge in [-0.3, -0.25) is 0 Å². The van der Waals surface area contributed by atoms with Crippen LogP contribution in [0.2, 0.25) is 0 Å². The normalized spacial score (nSPS) is 17.4. The van der Waals surface area contributed by atoms with Crippen molar-refractivity contribution in [3.8, 4) is 11.5 Å². The molecule has 0 aromatic carbocycles. The molecule has 2 heterocycles. The van der Waals surface area contributed by atoms with Gasteiger partial charge in [0.15, 0.2) is 5.76 Å². The van der Waals surface area contributed by atoms with E-state index in [4.69, 9.17) is 10.2 Å². The monoisotopic (exact) mass is 215 g/mol. The van der Waals surface area contributed by atoms with E-state index in [2.05, 4.69) is 9.97 Å². The molecule has 0 amide bonds. The third-order valence-electron chi connectivity index (χ3n) is 2.88. The predicted molar refractivity (Wildman–Crippen MR) is 59.6 cm³/mol. The Morgan fingerprint density at radius 3 is 2.75 bits per heavy atom. The van der Waals surface area contributed by atoms with Crippen LogP contribution < -0.4 is 5.73 Å². The Bertz CT molecular complexity index is 529. The molecule has 2 N–H and O–H groups in total. The fraction of sp³-hybridized carbons (Fsp3) is 0.333. The van der Waals surface area contributed by atoms with Crippen LogP contribution in [0.25, 0.3) is 11.5 Å². The zero-order chi connectivity index (χ0) is 11.2. The Hall–Kier alpha value is -1.68. The zero-order valence-electron chi connectivity index (χ0n) is 9.10. The quantitative estimate of drug-likeness (QED) is 0.832. The second-order valence-corrected chi connectivity index (χ2v) is 4.33. The summed E-state index contributed by atoms with van der Waals surface area (Å²) in [7, 11) is 0. The van der Waals surface area contributed by atoms with E-state index < -0.39 is 0 Å². The number of furan rings is 1. The summed E-state index contributed by atoms with van der Waals surface area (Å²) in [6.45, 7) is 1.91. The molecular formula is C12H13N3O. The van der Waals surface area contributed by atoms with Crippen molar-refractivity contribution in [1.82, 2.24) is 9.97 Å². The van der Waals surface area contributed by atoms with Crippen LogP contribution in [0.4, 0.5) is 0 Å². The first-order chi connectivity index (χ1) is 7.67. The van der Waals surface area contributed by atoms with Gasteiger partial charge in [-0.2, -0.15) is 0 Å². The molecule has 3 rings (SSSR count). The summed E-state index contributed by atoms with van der Waals surface area (Å²) in [6.07, 6.45) is 3.67. The molecule has 1 saturated carbocycles. The van der Waals surface area contributed by atoms with Crippen molar-refractivity contribution in [2.75, 3.05) is 0 Å². The number of rotatable bonds is 2. The average Bonchev–Trinajstić information content (AvgIpc) is 2.89. The van der Waals surface area contributed by atoms with Crippen LogP contribution in [-0.4, -0.2) is 9.97 Å². The highest BCUT2D eigenvalue weighted by Gasteiger charge is 2.43. The summed E-state index contributed by atoms with van der Waals surface area (Å²) >= 11 is 0. The van der Waals surface area contributed by atoms with Crippen LogP contribution in [0.3, 0.4) is 0 Å². The van der Waals surface area contributed by atoms with Crippen LogP contribution in [0.5, 0.6) is 0 Å². The van der Waals surface area contributed by atoms with E-state index in [-0.39, 0.29) is 5.54 Å². The largest absolute Gasteiger partial charge is 0.460 e. The van der Waals surface area contributed by atoms with Gasteiger partial charge in [-0.05, 0) is 38.0 Å². The molecule has 4 nitrogen and oxygen atoms in total. The van der Waals surface area contributed by atoms with Gasteiger partial charge in [0.25, 0.3) is 0 Å². The molecule has 2 aromatic rings. The fourth-order valence-corrected chi connectivity index (χ4v) is 1.67. The number of hydrogen-bond acceptors (Lipinski definition) is 4. The molecule has 0 bridgehead atoms. The molecule has 0 saturated heterocycles. The van der Waals surface area contributed by atoms with E-state index >= 15 is 0 Å². The molecule has 0 atom stereocenters. The van der Waals surface area contributed by atoms with E-state index in [1.807, 2.05) is 25.1 Å². The lowest BCUT2D eigenvalue weighted by Crippen LogP contribution is -2.22. The van der Waals surface area contributed by atoms with E-state index in [1.54, 1.807) is 6.20 Å². The van der Waals surface area contributed by atoms with Crippen LogP contribution >= 0.6 is 0 Å². The van der Waals surface area contributed by atoms with Crippen molar-refractivity contribution in [2.24, 2.45) is 5.73 Å². The summed E-state index contributed by atoms with van der Waals surface area (Å²) in [6, 6.07) is 5.68. The topological polar surface area (TPSA) is 64.9 Å². The summed E-state index contributed by atoms with van der Waals surface area (Å²) in [5.41, 5.74) is 6.57. The molecule has 1 fully saturated rings. The van der Waals surface area contributed by atoms with E-state index in [0.29, 0.717) is 0 Å². The van der Waals surface area contributed by atoms with E-state index in [9.17, 15) is 0 Å². The second-order valence-electron chi connectivity index (χ2n) is 4.33. The molecule has 0 unspecified atom stereocenters. The molecule has 1 aliphatic carbocycles. The van der Waals surface area contributed by atoms with Gasteiger partial charge in [-0.15, -0.1) is 0 Å². The second kappa shape index (κ2) is 3.15. The predicted octanol–water partition coefficient (Wildman–Crippen LogP) is 1.99. The van der Waals surface area contributed by atoms with Gasteiger partial charge in [0, 0.05) is 6.20 Å². The van der Waals surface area contributed by atoms with Gasteiger partial charge in [0.1, 0.15) is 17.3 Å². The van der Waals surface area contributed by atoms with Gasteiger partial charge >= 0.3 is 0 Å². The average molecular weight is 215 g/mol. The summed E-state index contributed by atoms with van der Waals surface area (Å²) in [5, 5.41) is 0. The zero-order valence-corrected chi connectivity index (χ0v) is 9.10. The maximum Gasteiger partial charge on any atom is 0.152 e. The first-order valence-electron chi connectivity index (χ1n) is 5.37. The molecule has 2 aromatic heterocycles. The van der Waals surface area contributed by atoms with Crippen molar-refractivity contribution in [3.63, 3.8) is 0 Å². The molecule has 0 aliphatic heterocycles. The lowest BCUT2D eigenvalue weighted by atomic mass is 10.2. The molecular weight excluding hydrogens is 202 g/mol. The Kier molecular flexibility index (Phi) is 1.88. The minimum atomic E-state index is -0.294. The molecule has 0 radical (unpaired) electrons. The van der Waals surface area contributed by atoms with Gasteiger partial charge < -0.3 is 10.2 Å². The van der Waals surface area contributed by atoms with Crippen LogP contribution in [0.1, 0.15) is 24.4 Å². The number of nitrogens with zero attached hydrogens (tertiary/aromatic N) is 2. The van der Waals surface area contributed by atoms with E-state index in [0.717, 1.165) is 35.9 Å². The third-order valence-corrected chi connectivity index (χ3v) is 2.88. The minimum absolute atomic E-state index is 0.294. The lowest BCUT2D eigenvalue weighted by Gasteiger charge is -2.07. The molecule has 82 valence electrons. The molecule has 1 aliphatic rings. The Morgan fingerprint density at radius 2 is 2.12 bits per heavy atom. The Morgan fingerprint density at radius 1 is 1.31 bits per heavy atom. The number of aromatic nitrogens is 2. The SMILES string of the molecule is Cc1ccc(-c2ccnc(C3(N)CC3)n2)o1. The number of aryl methyl sites for hydroxylation is 1. The first-order valence-corrected chi connectivity index (χ1v) is 5.37. The lowest BCUT2D eigenvalue weighted by molar-refractivity contribution is 0.544. The van der Waals surface area contributed by atoms with Gasteiger partial charge in [0.05, 0.1) is 5.54 Å². The van der Waals surface area contributed by atoms with Crippen molar-refractivity contribution in [2.45, 2.75) is 25.3 Å². The Labute approximate surface area is 93.5 Å². The summed E-state index contributed by atoms with van der Waals surface area (Å²) < 4.78 is 5.53. The van der Waals surface area contributed by atoms with Crippen LogP contribution in [0.15, 0.2) is 28.8 Å². The third kappa shape index (κ3) is 1.51. The number of hydrogen-bond donors (Lipinski definition) is 1. The van der Waals surface area contributed by atoms with Crippen molar-refractivity contribution < 1.29 is 4.42 Å². The van der Waals surface area contributed by atoms with Crippen molar-refractivity contribution in [3.05, 3.63) is 36.0 Å². The molecule has 0 spiro atoms. The van der Waals surface area contributed by atoms with Crippen LogP contribution in [-0.2, 0) is 5.54 Å². The highest BCUT2D eigenvalue weighted by atomic mass is 16.3. The fourth-order valence-electron chi connectivity index (χ4n) is 1.67. The minimum Gasteiger partial charge on any atom is -0.460 e. The van der Waals surface area contributed by atoms with Gasteiger partial charge in [-0.1, -0.05) is 0 Å².